The second-order valence-corrected chi connectivity index (χ2v) is 7.65. The Morgan fingerprint density at radius 3 is 2.43 bits per heavy atom. The van der Waals surface area contributed by atoms with Crippen LogP contribution in [0.25, 0.3) is 0 Å². The van der Waals surface area contributed by atoms with E-state index in [1.807, 2.05) is 37.2 Å². The van der Waals surface area contributed by atoms with Crippen LogP contribution in [0.4, 0.5) is 0 Å². The van der Waals surface area contributed by atoms with Crippen LogP contribution in [-0.2, 0) is 16.6 Å². The number of hydrogen-bond donors (Lipinski definition) is 0. The van der Waals surface area contributed by atoms with Crippen LogP contribution >= 0.6 is 0 Å². The normalized spacial score (nSPS) is 12.3. The maximum Gasteiger partial charge on any atom is 0.246 e. The summed E-state index contributed by atoms with van der Waals surface area (Å²) in [5, 5.41) is 0. The van der Waals surface area contributed by atoms with Gasteiger partial charge in [0.15, 0.2) is 0 Å². The van der Waals surface area contributed by atoms with E-state index in [4.69, 9.17) is 4.42 Å². The first-order valence-electron chi connectivity index (χ1n) is 7.42. The molecule has 0 aliphatic carbocycles. The number of furan rings is 1. The van der Waals surface area contributed by atoms with Crippen molar-refractivity contribution in [2.45, 2.75) is 25.3 Å². The molecular weight excluding hydrogens is 314 g/mol. The quantitative estimate of drug-likeness (QED) is 0.773. The third-order valence-electron chi connectivity index (χ3n) is 3.47. The van der Waals surface area contributed by atoms with Crippen LogP contribution in [0, 0.1) is 13.8 Å². The molecule has 0 saturated heterocycles. The molecule has 2 heterocycles. The first-order chi connectivity index (χ1) is 10.8. The summed E-state index contributed by atoms with van der Waals surface area (Å²) in [6.07, 6.45) is 1.67. The number of aromatic nitrogens is 1. The molecule has 0 saturated carbocycles. The molecule has 0 aliphatic rings. The average Bonchev–Trinajstić information content (AvgIpc) is 2.83. The van der Waals surface area contributed by atoms with Crippen molar-refractivity contribution in [1.82, 2.24) is 14.2 Å². The molecule has 0 radical (unpaired) electrons. The van der Waals surface area contributed by atoms with Gasteiger partial charge in [0.25, 0.3) is 0 Å². The minimum Gasteiger partial charge on any atom is -0.465 e. The lowest BCUT2D eigenvalue weighted by molar-refractivity contribution is 0.327. The molecule has 23 heavy (non-hydrogen) atoms. The van der Waals surface area contributed by atoms with Gasteiger partial charge in [0.2, 0.25) is 10.0 Å². The van der Waals surface area contributed by atoms with Gasteiger partial charge in [0.05, 0.1) is 12.2 Å². The molecule has 2 rings (SSSR count). The number of pyridine rings is 1. The fraction of sp³-hybridized carbons (Fsp3) is 0.438. The van der Waals surface area contributed by atoms with E-state index in [9.17, 15) is 8.42 Å². The highest BCUT2D eigenvalue weighted by atomic mass is 32.2. The van der Waals surface area contributed by atoms with E-state index in [-0.39, 0.29) is 11.4 Å². The minimum absolute atomic E-state index is 0.227. The largest absolute Gasteiger partial charge is 0.465 e. The van der Waals surface area contributed by atoms with Crippen LogP contribution in [0.2, 0.25) is 0 Å². The molecule has 0 N–H and O–H groups in total. The van der Waals surface area contributed by atoms with E-state index >= 15 is 0 Å². The van der Waals surface area contributed by atoms with Crippen molar-refractivity contribution < 1.29 is 12.8 Å². The van der Waals surface area contributed by atoms with Gasteiger partial charge in [0, 0.05) is 19.3 Å². The number of nitrogens with zero attached hydrogens (tertiary/aromatic N) is 3. The molecule has 126 valence electrons. The van der Waals surface area contributed by atoms with Crippen molar-refractivity contribution in [2.24, 2.45) is 0 Å². The molecule has 0 aromatic carbocycles. The Morgan fingerprint density at radius 2 is 1.91 bits per heavy atom. The van der Waals surface area contributed by atoms with Crippen molar-refractivity contribution in [1.29, 1.82) is 0 Å². The predicted octanol–water partition coefficient (Wildman–Crippen LogP) is 2.04. The van der Waals surface area contributed by atoms with Gasteiger partial charge >= 0.3 is 0 Å². The van der Waals surface area contributed by atoms with Gasteiger partial charge in [0.1, 0.15) is 16.4 Å². The highest BCUT2D eigenvalue weighted by molar-refractivity contribution is 7.89. The maximum absolute atomic E-state index is 13.0. The zero-order valence-corrected chi connectivity index (χ0v) is 14.8. The summed E-state index contributed by atoms with van der Waals surface area (Å²) in [5.41, 5.74) is 0.715. The Kier molecular flexibility index (Phi) is 5.56. The molecule has 2 aromatic heterocycles. The molecule has 0 bridgehead atoms. The molecule has 0 amide bonds. The number of rotatable bonds is 7. The number of sulfonamides is 1. The van der Waals surface area contributed by atoms with Crippen molar-refractivity contribution in [3.8, 4) is 0 Å². The Hall–Kier alpha value is -1.70. The van der Waals surface area contributed by atoms with Gasteiger partial charge in [-0.1, -0.05) is 6.07 Å². The molecule has 2 aromatic rings. The lowest BCUT2D eigenvalue weighted by Gasteiger charge is -2.23. The first-order valence-corrected chi connectivity index (χ1v) is 8.86. The van der Waals surface area contributed by atoms with Gasteiger partial charge in [-0.3, -0.25) is 4.98 Å². The van der Waals surface area contributed by atoms with Gasteiger partial charge in [-0.05, 0) is 46.1 Å². The highest BCUT2D eigenvalue weighted by Gasteiger charge is 2.28. The van der Waals surface area contributed by atoms with Crippen LogP contribution < -0.4 is 0 Å². The summed E-state index contributed by atoms with van der Waals surface area (Å²) in [5.74, 6) is 1.00. The third-order valence-corrected chi connectivity index (χ3v) is 5.43. The summed E-state index contributed by atoms with van der Waals surface area (Å²) < 4.78 is 32.9. The van der Waals surface area contributed by atoms with E-state index in [0.29, 0.717) is 30.3 Å². The van der Waals surface area contributed by atoms with E-state index in [1.165, 1.54) is 4.31 Å². The van der Waals surface area contributed by atoms with E-state index < -0.39 is 10.0 Å². The van der Waals surface area contributed by atoms with Gasteiger partial charge in [-0.2, -0.15) is 4.31 Å². The highest BCUT2D eigenvalue weighted by Crippen LogP contribution is 2.24. The Labute approximate surface area is 137 Å². The Morgan fingerprint density at radius 1 is 1.17 bits per heavy atom. The molecule has 0 fully saturated rings. The average molecular weight is 337 g/mol. The lowest BCUT2D eigenvalue weighted by atomic mass is 10.3. The van der Waals surface area contributed by atoms with Gasteiger partial charge < -0.3 is 9.32 Å². The van der Waals surface area contributed by atoms with Crippen molar-refractivity contribution in [3.05, 3.63) is 47.7 Å². The second-order valence-electron chi connectivity index (χ2n) is 5.74. The van der Waals surface area contributed by atoms with Crippen molar-refractivity contribution in [3.63, 3.8) is 0 Å². The van der Waals surface area contributed by atoms with E-state index in [1.54, 1.807) is 26.1 Å². The summed E-state index contributed by atoms with van der Waals surface area (Å²) >= 11 is 0. The molecule has 0 atom stereocenters. The second kappa shape index (κ2) is 7.25. The van der Waals surface area contributed by atoms with Crippen LogP contribution in [0.1, 0.15) is 17.2 Å². The molecule has 6 nitrogen and oxygen atoms in total. The first kappa shape index (κ1) is 17.7. The molecule has 0 unspecified atom stereocenters. The Balaban J connectivity index is 2.33. The molecule has 0 spiro atoms. The SMILES string of the molecule is Cc1cc(S(=O)(=O)N(CCN(C)C)Cc2ccccn2)c(C)o1. The maximum atomic E-state index is 13.0. The summed E-state index contributed by atoms with van der Waals surface area (Å²) in [6.45, 7) is 4.66. The predicted molar refractivity (Wildman–Crippen MR) is 88.6 cm³/mol. The fourth-order valence-electron chi connectivity index (χ4n) is 2.27. The van der Waals surface area contributed by atoms with Crippen LogP contribution in [0.15, 0.2) is 39.8 Å². The van der Waals surface area contributed by atoms with Crippen LogP contribution in [0.3, 0.4) is 0 Å². The van der Waals surface area contributed by atoms with E-state index in [2.05, 4.69) is 4.98 Å². The van der Waals surface area contributed by atoms with Crippen LogP contribution in [-0.4, -0.2) is 49.8 Å². The van der Waals surface area contributed by atoms with Crippen LogP contribution in [0.5, 0.6) is 0 Å². The summed E-state index contributed by atoms with van der Waals surface area (Å²) in [6, 6.07) is 7.06. The zero-order valence-electron chi connectivity index (χ0n) is 14.0. The standard InChI is InChI=1S/C16H23N3O3S/c1-13-11-16(14(2)22-13)23(20,21)19(10-9-18(3)4)12-15-7-5-6-8-17-15/h5-8,11H,9-10,12H2,1-4H3. The lowest BCUT2D eigenvalue weighted by Crippen LogP contribution is -2.36. The fourth-order valence-corrected chi connectivity index (χ4v) is 3.89. The number of likely N-dealkylation sites (N-methyl/N-ethyl adjacent to an activating group) is 1. The summed E-state index contributed by atoms with van der Waals surface area (Å²) in [4.78, 5) is 6.42. The zero-order chi connectivity index (χ0) is 17.0. The minimum atomic E-state index is -3.63. The number of hydrogen-bond acceptors (Lipinski definition) is 5. The van der Waals surface area contributed by atoms with Crippen molar-refractivity contribution >= 4 is 10.0 Å². The van der Waals surface area contributed by atoms with Crippen molar-refractivity contribution in [2.75, 3.05) is 27.2 Å². The van der Waals surface area contributed by atoms with Gasteiger partial charge in [-0.15, -0.1) is 0 Å². The third kappa shape index (κ3) is 4.40. The molecule has 0 aliphatic heterocycles. The van der Waals surface area contributed by atoms with Gasteiger partial charge in [-0.25, -0.2) is 8.42 Å². The monoisotopic (exact) mass is 337 g/mol. The number of aryl methyl sites for hydroxylation is 2. The summed E-state index contributed by atoms with van der Waals surface area (Å²) in [7, 11) is 0.199. The molecular formula is C16H23N3O3S. The molecule has 7 heteroatoms. The topological polar surface area (TPSA) is 66.7 Å². The Bertz CT molecular complexity index is 739. The van der Waals surface area contributed by atoms with E-state index in [0.717, 1.165) is 0 Å². The smallest absolute Gasteiger partial charge is 0.246 e.